The normalized spacial score (nSPS) is 15.8. The Morgan fingerprint density at radius 3 is 2.68 bits per heavy atom. The molecule has 3 rings (SSSR count). The van der Waals surface area contributed by atoms with Crippen LogP contribution in [-0.4, -0.2) is 29.1 Å². The van der Waals surface area contributed by atoms with Gasteiger partial charge in [-0.1, -0.05) is 41.9 Å². The number of nitrogens with two attached hydrogens (primary N) is 1. The first kappa shape index (κ1) is 17.8. The number of hydrogen-bond donors (Lipinski definition) is 2. The van der Waals surface area contributed by atoms with Gasteiger partial charge in [0, 0.05) is 17.7 Å². The number of hydrogen-bond acceptors (Lipinski definition) is 5. The quantitative estimate of drug-likeness (QED) is 0.364. The Kier molecular flexibility index (Phi) is 6.30. The minimum Gasteiger partial charge on any atom is -0.367 e. The standard InChI is InChI=1S/C17H19ClN6S/c18-15-6-8-16(9-7-15)24(23-12-20-13-25-23)17(19)22-21-11-10-14-4-2-1-3-5-14/h1-9,11,20H,10,12-13H2,(H2,19,22)/b21-11+. The van der Waals surface area contributed by atoms with Crippen LogP contribution in [0.25, 0.3) is 0 Å². The molecule has 0 amide bonds. The van der Waals surface area contributed by atoms with Crippen molar-refractivity contribution in [3.63, 3.8) is 0 Å². The molecule has 0 aliphatic carbocycles. The van der Waals surface area contributed by atoms with Gasteiger partial charge in [0.05, 0.1) is 18.2 Å². The van der Waals surface area contributed by atoms with E-state index in [9.17, 15) is 0 Å². The highest BCUT2D eigenvalue weighted by Crippen LogP contribution is 2.25. The fourth-order valence-electron chi connectivity index (χ4n) is 2.30. The number of nitrogens with zero attached hydrogens (tertiary/aromatic N) is 4. The topological polar surface area (TPSA) is 69.2 Å². The van der Waals surface area contributed by atoms with Crippen molar-refractivity contribution in [2.24, 2.45) is 15.9 Å². The van der Waals surface area contributed by atoms with Crippen LogP contribution in [0.15, 0.2) is 64.8 Å². The lowest BCUT2D eigenvalue weighted by Gasteiger charge is -2.29. The molecule has 0 aromatic heterocycles. The second-order valence-electron chi connectivity index (χ2n) is 5.27. The molecule has 1 aliphatic rings. The molecule has 2 aromatic carbocycles. The van der Waals surface area contributed by atoms with E-state index >= 15 is 0 Å². The fraction of sp³-hybridized carbons (Fsp3) is 0.176. The van der Waals surface area contributed by atoms with E-state index in [4.69, 9.17) is 17.3 Å². The van der Waals surface area contributed by atoms with Crippen molar-refractivity contribution in [2.75, 3.05) is 17.6 Å². The average molecular weight is 375 g/mol. The highest BCUT2D eigenvalue weighted by molar-refractivity contribution is 7.97. The maximum absolute atomic E-state index is 6.19. The van der Waals surface area contributed by atoms with Crippen LogP contribution in [0.4, 0.5) is 5.69 Å². The molecule has 1 heterocycles. The van der Waals surface area contributed by atoms with E-state index in [2.05, 4.69) is 15.5 Å². The van der Waals surface area contributed by atoms with Gasteiger partial charge < -0.3 is 5.73 Å². The van der Waals surface area contributed by atoms with Gasteiger partial charge in [-0.3, -0.25) is 5.32 Å². The van der Waals surface area contributed by atoms with E-state index in [1.807, 2.05) is 64.0 Å². The molecule has 130 valence electrons. The molecule has 8 heteroatoms. The number of halogens is 1. The summed E-state index contributed by atoms with van der Waals surface area (Å²) in [5.41, 5.74) is 8.24. The zero-order valence-electron chi connectivity index (χ0n) is 13.5. The molecule has 0 bridgehead atoms. The zero-order valence-corrected chi connectivity index (χ0v) is 15.1. The number of nitrogens with one attached hydrogen (secondary N) is 1. The van der Waals surface area contributed by atoms with Gasteiger partial charge in [0.25, 0.3) is 0 Å². The summed E-state index contributed by atoms with van der Waals surface area (Å²) < 4.78 is 1.99. The minimum absolute atomic E-state index is 0.294. The molecule has 0 atom stereocenters. The summed E-state index contributed by atoms with van der Waals surface area (Å²) >= 11 is 7.60. The summed E-state index contributed by atoms with van der Waals surface area (Å²) in [6.45, 7) is 0.664. The maximum Gasteiger partial charge on any atom is 0.236 e. The van der Waals surface area contributed by atoms with Crippen molar-refractivity contribution in [3.05, 3.63) is 65.2 Å². The summed E-state index contributed by atoms with van der Waals surface area (Å²) in [6.07, 6.45) is 2.45. The maximum atomic E-state index is 6.19. The number of hydrazine groups is 1. The van der Waals surface area contributed by atoms with Crippen LogP contribution >= 0.6 is 23.5 Å². The molecule has 3 N–H and O–H groups in total. The van der Waals surface area contributed by atoms with Crippen molar-refractivity contribution in [1.82, 2.24) is 9.73 Å². The van der Waals surface area contributed by atoms with E-state index < -0.39 is 0 Å². The van der Waals surface area contributed by atoms with Crippen molar-refractivity contribution < 1.29 is 0 Å². The molecular formula is C17H19ClN6S. The molecular weight excluding hydrogens is 356 g/mol. The van der Waals surface area contributed by atoms with Crippen LogP contribution in [0.3, 0.4) is 0 Å². The molecule has 1 saturated heterocycles. The summed E-state index contributed by atoms with van der Waals surface area (Å²) in [5.74, 6) is 1.11. The predicted octanol–water partition coefficient (Wildman–Crippen LogP) is 3.07. The third-order valence-electron chi connectivity index (χ3n) is 3.49. The van der Waals surface area contributed by atoms with Crippen molar-refractivity contribution >= 4 is 41.4 Å². The minimum atomic E-state index is 0.294. The van der Waals surface area contributed by atoms with Crippen LogP contribution in [-0.2, 0) is 6.42 Å². The SMILES string of the molecule is N/C(=N\N=C\Cc1ccccc1)N(c1ccc(Cl)cc1)N1CNCS1. The molecule has 1 fully saturated rings. The van der Waals surface area contributed by atoms with Crippen LogP contribution in [0, 0.1) is 0 Å². The van der Waals surface area contributed by atoms with Gasteiger partial charge in [0.1, 0.15) is 0 Å². The highest BCUT2D eigenvalue weighted by atomic mass is 35.5. The van der Waals surface area contributed by atoms with Crippen molar-refractivity contribution in [1.29, 1.82) is 0 Å². The van der Waals surface area contributed by atoms with Gasteiger partial charge in [0.2, 0.25) is 5.96 Å². The number of anilines is 1. The molecule has 0 spiro atoms. The summed E-state index contributed by atoms with van der Waals surface area (Å²) in [5, 5.41) is 14.0. The predicted molar refractivity (Wildman–Crippen MR) is 106 cm³/mol. The third kappa shape index (κ3) is 4.96. The Bertz CT molecular complexity index is 729. The van der Waals surface area contributed by atoms with Gasteiger partial charge in [0.15, 0.2) is 0 Å². The Balaban J connectivity index is 1.73. The van der Waals surface area contributed by atoms with Crippen molar-refractivity contribution in [2.45, 2.75) is 6.42 Å². The lowest BCUT2D eigenvalue weighted by atomic mass is 10.2. The van der Waals surface area contributed by atoms with E-state index in [1.165, 1.54) is 5.56 Å². The van der Waals surface area contributed by atoms with Gasteiger partial charge in [-0.2, -0.15) is 5.10 Å². The second-order valence-corrected chi connectivity index (χ2v) is 6.67. The van der Waals surface area contributed by atoms with E-state index in [-0.39, 0.29) is 0 Å². The van der Waals surface area contributed by atoms with Gasteiger partial charge in [-0.25, -0.2) is 5.01 Å². The first-order valence-electron chi connectivity index (χ1n) is 7.80. The smallest absolute Gasteiger partial charge is 0.236 e. The van der Waals surface area contributed by atoms with Gasteiger partial charge in [-0.05, 0) is 41.8 Å². The molecule has 2 aromatic rings. The second kappa shape index (κ2) is 8.87. The molecule has 25 heavy (non-hydrogen) atoms. The lowest BCUT2D eigenvalue weighted by molar-refractivity contribution is 0.488. The molecule has 6 nitrogen and oxygen atoms in total. The molecule has 0 radical (unpaired) electrons. The lowest BCUT2D eigenvalue weighted by Crippen LogP contribution is -2.47. The number of benzene rings is 2. The first-order valence-corrected chi connectivity index (χ1v) is 9.12. The van der Waals surface area contributed by atoms with Crippen LogP contribution in [0.5, 0.6) is 0 Å². The monoisotopic (exact) mass is 374 g/mol. The van der Waals surface area contributed by atoms with E-state index in [0.717, 1.165) is 11.6 Å². The summed E-state index contributed by atoms with van der Waals surface area (Å²) in [7, 11) is 0. The first-order chi connectivity index (χ1) is 12.2. The Hall–Kier alpha value is -2.06. The van der Waals surface area contributed by atoms with E-state index in [0.29, 0.717) is 24.1 Å². The fourth-order valence-corrected chi connectivity index (χ4v) is 3.23. The summed E-state index contributed by atoms with van der Waals surface area (Å²) in [4.78, 5) is 0. The largest absolute Gasteiger partial charge is 0.367 e. The van der Waals surface area contributed by atoms with Gasteiger partial charge in [-0.15, -0.1) is 9.52 Å². The van der Waals surface area contributed by atoms with Gasteiger partial charge >= 0.3 is 0 Å². The molecule has 0 unspecified atom stereocenters. The van der Waals surface area contributed by atoms with Crippen LogP contribution < -0.4 is 16.1 Å². The average Bonchev–Trinajstić information content (AvgIpc) is 3.16. The Morgan fingerprint density at radius 2 is 2.00 bits per heavy atom. The van der Waals surface area contributed by atoms with Crippen LogP contribution in [0.2, 0.25) is 5.02 Å². The van der Waals surface area contributed by atoms with Crippen molar-refractivity contribution in [3.8, 4) is 0 Å². The molecule has 0 saturated carbocycles. The Labute approximate surface area is 156 Å². The third-order valence-corrected chi connectivity index (χ3v) is 4.66. The zero-order chi connectivity index (χ0) is 17.5. The Morgan fingerprint density at radius 1 is 1.24 bits per heavy atom. The number of rotatable bonds is 5. The number of guanidine groups is 1. The molecule has 1 aliphatic heterocycles. The van der Waals surface area contributed by atoms with Crippen LogP contribution in [0.1, 0.15) is 5.56 Å². The highest BCUT2D eigenvalue weighted by Gasteiger charge is 2.24. The van der Waals surface area contributed by atoms with E-state index in [1.54, 1.807) is 18.2 Å². The summed E-state index contributed by atoms with van der Waals surface area (Å²) in [6, 6.07) is 17.5.